The molecule has 1 unspecified atom stereocenters. The van der Waals surface area contributed by atoms with Crippen LogP contribution >= 0.6 is 0 Å². The minimum Gasteiger partial charge on any atom is -0.444 e. The number of benzene rings is 1. The highest BCUT2D eigenvalue weighted by atomic mass is 16.6. The Morgan fingerprint density at radius 2 is 1.36 bits per heavy atom. The molecule has 1 atom stereocenters. The summed E-state index contributed by atoms with van der Waals surface area (Å²) in [5, 5.41) is 0.876. The molecule has 5 amide bonds. The second-order valence-electron chi connectivity index (χ2n) is 13.5. The summed E-state index contributed by atoms with van der Waals surface area (Å²) in [7, 11) is 0. The smallest absolute Gasteiger partial charge is 0.419 e. The monoisotopic (exact) mass is 610 g/mol. The van der Waals surface area contributed by atoms with E-state index in [-0.39, 0.29) is 25.9 Å². The molecule has 4 rings (SSSR count). The van der Waals surface area contributed by atoms with Crippen LogP contribution in [-0.4, -0.2) is 80.1 Å². The van der Waals surface area contributed by atoms with Gasteiger partial charge in [-0.25, -0.2) is 19.0 Å². The molecular weight excluding hydrogens is 564 g/mol. The number of imide groups is 2. The van der Waals surface area contributed by atoms with Gasteiger partial charge in [0, 0.05) is 25.0 Å². The van der Waals surface area contributed by atoms with Gasteiger partial charge in [0.1, 0.15) is 17.1 Å². The number of carbonyl (C=O) groups is 5. The predicted molar refractivity (Wildman–Crippen MR) is 165 cm³/mol. The molecule has 11 heteroatoms. The average molecular weight is 611 g/mol. The summed E-state index contributed by atoms with van der Waals surface area (Å²) in [6.45, 7) is 15.2. The fraction of sp³-hybridized carbons (Fsp3) is 0.606. The molecule has 1 aromatic heterocycles. The molecule has 0 spiro atoms. The SMILES string of the molecule is CCCN1C(=O)C(CCC2c3c(c4ccccc4n3C(=O)OC(C)(C)C)CCN2C(=O)OC(C)(C)C)C(=O)N(CCC)C1=O. The van der Waals surface area contributed by atoms with Crippen LogP contribution in [0.15, 0.2) is 24.3 Å². The fourth-order valence-electron chi connectivity index (χ4n) is 6.06. The van der Waals surface area contributed by atoms with E-state index in [1.54, 1.807) is 46.4 Å². The van der Waals surface area contributed by atoms with Gasteiger partial charge in [0.15, 0.2) is 0 Å². The average Bonchev–Trinajstić information content (AvgIpc) is 3.26. The van der Waals surface area contributed by atoms with Crippen LogP contribution in [0.5, 0.6) is 0 Å². The summed E-state index contributed by atoms with van der Waals surface area (Å²) in [6, 6.07) is 6.25. The van der Waals surface area contributed by atoms with Crippen LogP contribution in [0.4, 0.5) is 14.4 Å². The van der Waals surface area contributed by atoms with Gasteiger partial charge in [-0.2, -0.15) is 0 Å². The van der Waals surface area contributed by atoms with E-state index in [2.05, 4.69) is 0 Å². The van der Waals surface area contributed by atoms with Crippen molar-refractivity contribution < 1.29 is 33.4 Å². The Kier molecular flexibility index (Phi) is 9.46. The molecule has 0 aliphatic carbocycles. The number of ether oxygens (including phenoxy) is 2. The second-order valence-corrected chi connectivity index (χ2v) is 13.5. The van der Waals surface area contributed by atoms with Gasteiger partial charge >= 0.3 is 18.2 Å². The Hall–Kier alpha value is -3.89. The van der Waals surface area contributed by atoms with Gasteiger partial charge in [-0.3, -0.25) is 24.3 Å². The number of barbiturate groups is 1. The number of amides is 5. The number of carbonyl (C=O) groups excluding carboxylic acids is 5. The maximum atomic E-state index is 13.8. The molecular formula is C33H46N4O7. The van der Waals surface area contributed by atoms with Gasteiger partial charge in [-0.05, 0) is 85.3 Å². The number of rotatable bonds is 7. The van der Waals surface area contributed by atoms with Gasteiger partial charge in [-0.1, -0.05) is 32.0 Å². The first kappa shape index (κ1) is 33.0. The van der Waals surface area contributed by atoms with Gasteiger partial charge in [0.2, 0.25) is 11.8 Å². The lowest BCUT2D eigenvalue weighted by Crippen LogP contribution is -2.60. The van der Waals surface area contributed by atoms with Crippen molar-refractivity contribution >= 4 is 40.9 Å². The Labute approximate surface area is 259 Å². The Morgan fingerprint density at radius 1 is 0.818 bits per heavy atom. The normalized spacial score (nSPS) is 18.2. The molecule has 0 N–H and O–H groups in total. The number of aromatic nitrogens is 1. The summed E-state index contributed by atoms with van der Waals surface area (Å²) >= 11 is 0. The molecule has 3 heterocycles. The molecule has 44 heavy (non-hydrogen) atoms. The van der Waals surface area contributed by atoms with Crippen molar-refractivity contribution in [3.05, 3.63) is 35.5 Å². The summed E-state index contributed by atoms with van der Waals surface area (Å²) in [5.74, 6) is -2.14. The third-order valence-electron chi connectivity index (χ3n) is 7.73. The van der Waals surface area contributed by atoms with Crippen LogP contribution in [0, 0.1) is 5.92 Å². The lowest BCUT2D eigenvalue weighted by Gasteiger charge is -2.40. The first-order valence-electron chi connectivity index (χ1n) is 15.6. The van der Waals surface area contributed by atoms with Crippen LogP contribution < -0.4 is 0 Å². The molecule has 0 radical (unpaired) electrons. The molecule has 0 bridgehead atoms. The standard InChI is InChI=1S/C33H46N4O7/c1-9-18-35-27(38)23(28(39)36(19-10-2)29(35)40)15-16-25-26-22(17-20-34(25)30(41)43-32(3,4)5)21-13-11-12-14-24(21)37(26)31(42)44-33(6,7)8/h11-14,23,25H,9-10,15-20H2,1-8H3. The summed E-state index contributed by atoms with van der Waals surface area (Å²) in [4.78, 5) is 71.5. The van der Waals surface area contributed by atoms with Crippen molar-refractivity contribution in [1.29, 1.82) is 0 Å². The van der Waals surface area contributed by atoms with Crippen LogP contribution in [0.2, 0.25) is 0 Å². The Balaban J connectivity index is 1.81. The minimum atomic E-state index is -1.09. The second kappa shape index (κ2) is 12.6. The lowest BCUT2D eigenvalue weighted by atomic mass is 9.89. The Bertz CT molecular complexity index is 1420. The number of urea groups is 1. The zero-order chi connectivity index (χ0) is 32.6. The molecule has 2 aliphatic heterocycles. The molecule has 2 aromatic rings. The van der Waals surface area contributed by atoms with Crippen LogP contribution in [-0.2, 0) is 25.5 Å². The van der Waals surface area contributed by atoms with E-state index in [1.165, 1.54) is 4.57 Å². The van der Waals surface area contributed by atoms with Crippen LogP contribution in [0.25, 0.3) is 10.9 Å². The van der Waals surface area contributed by atoms with E-state index < -0.39 is 53.2 Å². The summed E-state index contributed by atoms with van der Waals surface area (Å²) in [6.07, 6.45) is 0.729. The van der Waals surface area contributed by atoms with Gasteiger partial charge in [-0.15, -0.1) is 0 Å². The zero-order valence-corrected chi connectivity index (χ0v) is 27.3. The molecule has 1 saturated heterocycles. The zero-order valence-electron chi connectivity index (χ0n) is 27.3. The van der Waals surface area contributed by atoms with Crippen LogP contribution in [0.1, 0.15) is 98.4 Å². The molecule has 240 valence electrons. The highest BCUT2D eigenvalue weighted by molar-refractivity contribution is 6.16. The Morgan fingerprint density at radius 3 is 1.91 bits per heavy atom. The van der Waals surface area contributed by atoms with E-state index in [0.29, 0.717) is 37.0 Å². The first-order valence-corrected chi connectivity index (χ1v) is 15.6. The number of hydrogen-bond acceptors (Lipinski definition) is 7. The topological polar surface area (TPSA) is 118 Å². The molecule has 1 aromatic carbocycles. The molecule has 0 saturated carbocycles. The number of para-hydroxylation sites is 1. The summed E-state index contributed by atoms with van der Waals surface area (Å²) in [5.41, 5.74) is 0.606. The predicted octanol–water partition coefficient (Wildman–Crippen LogP) is 6.27. The fourth-order valence-corrected chi connectivity index (χ4v) is 6.06. The van der Waals surface area contributed by atoms with Crippen molar-refractivity contribution in [2.75, 3.05) is 19.6 Å². The maximum absolute atomic E-state index is 13.8. The quantitative estimate of drug-likeness (QED) is 0.339. The van der Waals surface area contributed by atoms with E-state index in [9.17, 15) is 24.0 Å². The first-order chi connectivity index (χ1) is 20.6. The van der Waals surface area contributed by atoms with Gasteiger partial charge < -0.3 is 9.47 Å². The third kappa shape index (κ3) is 6.61. The molecule has 1 fully saturated rings. The molecule has 11 nitrogen and oxygen atoms in total. The molecule has 2 aliphatic rings. The summed E-state index contributed by atoms with van der Waals surface area (Å²) < 4.78 is 13.1. The van der Waals surface area contributed by atoms with E-state index >= 15 is 0 Å². The van der Waals surface area contributed by atoms with Crippen molar-refractivity contribution in [2.24, 2.45) is 5.92 Å². The highest BCUT2D eigenvalue weighted by Gasteiger charge is 2.46. The maximum Gasteiger partial charge on any atom is 0.419 e. The van der Waals surface area contributed by atoms with E-state index in [1.807, 2.05) is 38.1 Å². The highest BCUT2D eigenvalue weighted by Crippen LogP contribution is 2.41. The van der Waals surface area contributed by atoms with Gasteiger partial charge in [0.05, 0.1) is 17.3 Å². The van der Waals surface area contributed by atoms with Crippen molar-refractivity contribution in [2.45, 2.75) is 105 Å². The minimum absolute atomic E-state index is 0.0740. The lowest BCUT2D eigenvalue weighted by molar-refractivity contribution is -0.149. The van der Waals surface area contributed by atoms with Crippen LogP contribution in [0.3, 0.4) is 0 Å². The van der Waals surface area contributed by atoms with Crippen molar-refractivity contribution in [3.63, 3.8) is 0 Å². The van der Waals surface area contributed by atoms with Crippen molar-refractivity contribution in [1.82, 2.24) is 19.3 Å². The third-order valence-corrected chi connectivity index (χ3v) is 7.73. The van der Waals surface area contributed by atoms with Gasteiger partial charge in [0.25, 0.3) is 0 Å². The van der Waals surface area contributed by atoms with E-state index in [4.69, 9.17) is 9.47 Å². The number of hydrogen-bond donors (Lipinski definition) is 0. The number of fused-ring (bicyclic) bond motifs is 3. The number of nitrogens with zero attached hydrogens (tertiary/aromatic N) is 4. The van der Waals surface area contributed by atoms with Crippen molar-refractivity contribution in [3.8, 4) is 0 Å². The largest absolute Gasteiger partial charge is 0.444 e. The van der Waals surface area contributed by atoms with E-state index in [0.717, 1.165) is 20.7 Å².